The van der Waals surface area contributed by atoms with E-state index in [0.29, 0.717) is 11.3 Å². The second kappa shape index (κ2) is 6.71. The van der Waals surface area contributed by atoms with E-state index >= 15 is 0 Å². The van der Waals surface area contributed by atoms with E-state index in [2.05, 4.69) is 9.71 Å². The lowest BCUT2D eigenvalue weighted by molar-refractivity contribution is 0.397. The van der Waals surface area contributed by atoms with Crippen molar-refractivity contribution in [2.45, 2.75) is 18.0 Å². The Hall–Kier alpha value is -1.19. The molecule has 0 saturated heterocycles. The number of benzene rings is 1. The van der Waals surface area contributed by atoms with E-state index in [1.165, 1.54) is 24.5 Å². The van der Waals surface area contributed by atoms with Gasteiger partial charge < -0.3 is 10.5 Å². The van der Waals surface area contributed by atoms with Crippen LogP contribution in [-0.4, -0.2) is 20.5 Å². The molecule has 0 aliphatic carbocycles. The Bertz CT molecular complexity index is 718. The smallest absolute Gasteiger partial charge is 0.244 e. The molecule has 0 aliphatic rings. The fourth-order valence-corrected chi connectivity index (χ4v) is 3.88. The van der Waals surface area contributed by atoms with E-state index in [1.807, 2.05) is 0 Å². The largest absolute Gasteiger partial charge is 0.495 e. The van der Waals surface area contributed by atoms with E-state index < -0.39 is 10.0 Å². The second-order valence-corrected chi connectivity index (χ2v) is 7.00. The second-order valence-electron chi connectivity index (χ2n) is 4.10. The highest BCUT2D eigenvalue weighted by atomic mass is 35.5. The number of rotatable bonds is 6. The lowest BCUT2D eigenvalue weighted by Crippen LogP contribution is -2.24. The van der Waals surface area contributed by atoms with Crippen molar-refractivity contribution in [3.05, 3.63) is 39.3 Å². The van der Waals surface area contributed by atoms with Crippen LogP contribution >= 0.6 is 22.9 Å². The number of nitrogens with zero attached hydrogens (tertiary/aromatic N) is 1. The monoisotopic (exact) mass is 347 g/mol. The number of nitrogens with two attached hydrogens (primary N) is 1. The predicted molar refractivity (Wildman–Crippen MR) is 82.0 cm³/mol. The van der Waals surface area contributed by atoms with Gasteiger partial charge in [-0.1, -0.05) is 11.6 Å². The SMILES string of the molecule is COc1c(CN)cc(Cl)cc1S(=O)(=O)NCc1cscn1. The highest BCUT2D eigenvalue weighted by Gasteiger charge is 2.22. The van der Waals surface area contributed by atoms with Crippen molar-refractivity contribution in [1.82, 2.24) is 9.71 Å². The normalized spacial score (nSPS) is 11.6. The molecule has 2 rings (SSSR count). The van der Waals surface area contributed by atoms with Crippen LogP contribution in [0.1, 0.15) is 11.3 Å². The molecule has 0 spiro atoms. The molecule has 3 N–H and O–H groups in total. The molecule has 0 aliphatic heterocycles. The van der Waals surface area contributed by atoms with Crippen molar-refractivity contribution < 1.29 is 13.2 Å². The van der Waals surface area contributed by atoms with Gasteiger partial charge in [-0.15, -0.1) is 11.3 Å². The van der Waals surface area contributed by atoms with Gasteiger partial charge in [0.25, 0.3) is 0 Å². The Morgan fingerprint density at radius 1 is 1.48 bits per heavy atom. The van der Waals surface area contributed by atoms with E-state index in [1.54, 1.807) is 17.0 Å². The molecule has 0 atom stereocenters. The van der Waals surface area contributed by atoms with Gasteiger partial charge in [-0.2, -0.15) is 0 Å². The number of halogens is 1. The average Bonchev–Trinajstić information content (AvgIpc) is 2.97. The molecule has 2 aromatic rings. The minimum atomic E-state index is -3.78. The number of thiazole rings is 1. The maximum Gasteiger partial charge on any atom is 0.244 e. The fraction of sp³-hybridized carbons (Fsp3) is 0.250. The first kappa shape index (κ1) is 16.2. The quantitative estimate of drug-likeness (QED) is 0.830. The minimum absolute atomic E-state index is 0.0341. The summed E-state index contributed by atoms with van der Waals surface area (Å²) in [5.41, 5.74) is 8.40. The van der Waals surface area contributed by atoms with Gasteiger partial charge in [0.15, 0.2) is 0 Å². The molecule has 0 unspecified atom stereocenters. The molecule has 1 aromatic heterocycles. The van der Waals surface area contributed by atoms with Gasteiger partial charge in [0.2, 0.25) is 10.0 Å². The molecular formula is C12H14ClN3O3S2. The molecule has 1 heterocycles. The third-order valence-electron chi connectivity index (χ3n) is 2.74. The maximum atomic E-state index is 12.4. The Balaban J connectivity index is 2.36. The Morgan fingerprint density at radius 2 is 2.24 bits per heavy atom. The third kappa shape index (κ3) is 3.72. The number of sulfonamides is 1. The summed E-state index contributed by atoms with van der Waals surface area (Å²) in [6, 6.07) is 2.92. The summed E-state index contributed by atoms with van der Waals surface area (Å²) in [4.78, 5) is 3.99. The van der Waals surface area contributed by atoms with Crippen molar-refractivity contribution in [1.29, 1.82) is 0 Å². The van der Waals surface area contributed by atoms with Crippen molar-refractivity contribution in [3.8, 4) is 5.75 Å². The summed E-state index contributed by atoms with van der Waals surface area (Å²) < 4.78 is 32.5. The predicted octanol–water partition coefficient (Wildman–Crippen LogP) is 1.74. The van der Waals surface area contributed by atoms with Crippen molar-refractivity contribution in [2.75, 3.05) is 7.11 Å². The molecule has 114 valence electrons. The summed E-state index contributed by atoms with van der Waals surface area (Å²) in [7, 11) is -2.39. The summed E-state index contributed by atoms with van der Waals surface area (Å²) in [5.74, 6) is 0.202. The van der Waals surface area contributed by atoms with Crippen LogP contribution in [0.2, 0.25) is 5.02 Å². The van der Waals surface area contributed by atoms with Gasteiger partial charge in [0.05, 0.1) is 24.9 Å². The summed E-state index contributed by atoms with van der Waals surface area (Å²) in [6.07, 6.45) is 0. The van der Waals surface area contributed by atoms with Crippen LogP contribution in [0.3, 0.4) is 0 Å². The van der Waals surface area contributed by atoms with Crippen molar-refractivity contribution in [3.63, 3.8) is 0 Å². The zero-order valence-corrected chi connectivity index (χ0v) is 13.6. The highest BCUT2D eigenvalue weighted by Crippen LogP contribution is 2.31. The Labute approximate surface area is 132 Å². The van der Waals surface area contributed by atoms with Gasteiger partial charge in [0, 0.05) is 22.5 Å². The van der Waals surface area contributed by atoms with Crippen LogP contribution < -0.4 is 15.2 Å². The molecular weight excluding hydrogens is 334 g/mol. The number of ether oxygens (including phenoxy) is 1. The maximum absolute atomic E-state index is 12.4. The zero-order valence-electron chi connectivity index (χ0n) is 11.2. The fourth-order valence-electron chi connectivity index (χ4n) is 1.78. The van der Waals surface area contributed by atoms with Crippen molar-refractivity contribution in [2.24, 2.45) is 5.73 Å². The summed E-state index contributed by atoms with van der Waals surface area (Å²) in [6.45, 7) is 0.220. The first-order valence-electron chi connectivity index (χ1n) is 5.91. The number of nitrogens with one attached hydrogen (secondary N) is 1. The summed E-state index contributed by atoms with van der Waals surface area (Å²) >= 11 is 7.34. The molecule has 6 nitrogen and oxygen atoms in total. The van der Waals surface area contributed by atoms with Crippen LogP contribution in [0, 0.1) is 0 Å². The van der Waals surface area contributed by atoms with E-state index in [4.69, 9.17) is 22.1 Å². The molecule has 0 bridgehead atoms. The van der Waals surface area contributed by atoms with Gasteiger partial charge in [0.1, 0.15) is 10.6 Å². The lowest BCUT2D eigenvalue weighted by atomic mass is 10.2. The average molecular weight is 348 g/mol. The van der Waals surface area contributed by atoms with Gasteiger partial charge in [-0.05, 0) is 12.1 Å². The van der Waals surface area contributed by atoms with Gasteiger partial charge in [-0.25, -0.2) is 18.1 Å². The standard InChI is InChI=1S/C12H14ClN3O3S2/c1-19-12-8(4-14)2-9(13)3-11(12)21(17,18)16-5-10-6-20-7-15-10/h2-3,6-7,16H,4-5,14H2,1H3. The number of methoxy groups -OCH3 is 1. The number of aromatic nitrogens is 1. The van der Waals surface area contributed by atoms with E-state index in [9.17, 15) is 8.42 Å². The summed E-state index contributed by atoms with van der Waals surface area (Å²) in [5, 5.41) is 2.05. The molecule has 0 radical (unpaired) electrons. The number of hydrogen-bond acceptors (Lipinski definition) is 6. The van der Waals surface area contributed by atoms with E-state index in [0.717, 1.165) is 0 Å². The Kier molecular flexibility index (Phi) is 5.17. The van der Waals surface area contributed by atoms with Crippen LogP contribution in [0.5, 0.6) is 5.75 Å². The van der Waals surface area contributed by atoms with E-state index in [-0.39, 0.29) is 28.8 Å². The van der Waals surface area contributed by atoms with Crippen LogP contribution in [0.4, 0.5) is 0 Å². The minimum Gasteiger partial charge on any atom is -0.495 e. The van der Waals surface area contributed by atoms with Gasteiger partial charge in [-0.3, -0.25) is 0 Å². The third-order valence-corrected chi connectivity index (χ3v) is 5.00. The molecule has 0 amide bonds. The van der Waals surface area contributed by atoms with Crippen LogP contribution in [0.25, 0.3) is 0 Å². The zero-order chi connectivity index (χ0) is 15.5. The Morgan fingerprint density at radius 3 is 2.81 bits per heavy atom. The lowest BCUT2D eigenvalue weighted by Gasteiger charge is -2.14. The first-order chi connectivity index (χ1) is 9.97. The molecule has 21 heavy (non-hydrogen) atoms. The molecule has 0 saturated carbocycles. The number of hydrogen-bond donors (Lipinski definition) is 2. The molecule has 9 heteroatoms. The molecule has 0 fully saturated rings. The molecule has 1 aromatic carbocycles. The van der Waals surface area contributed by atoms with Crippen LogP contribution in [-0.2, 0) is 23.1 Å². The highest BCUT2D eigenvalue weighted by molar-refractivity contribution is 7.89. The van der Waals surface area contributed by atoms with Crippen LogP contribution in [0.15, 0.2) is 27.9 Å². The first-order valence-corrected chi connectivity index (χ1v) is 8.71. The van der Waals surface area contributed by atoms with Crippen molar-refractivity contribution >= 4 is 33.0 Å². The topological polar surface area (TPSA) is 94.3 Å². The van der Waals surface area contributed by atoms with Gasteiger partial charge >= 0.3 is 0 Å².